The number of nitrogens with one attached hydrogen (secondary N) is 1. The summed E-state index contributed by atoms with van der Waals surface area (Å²) >= 11 is 0. The summed E-state index contributed by atoms with van der Waals surface area (Å²) in [7, 11) is 0. The van der Waals surface area contributed by atoms with Crippen LogP contribution in [0.3, 0.4) is 0 Å². The van der Waals surface area contributed by atoms with E-state index < -0.39 is 0 Å². The van der Waals surface area contributed by atoms with E-state index in [0.29, 0.717) is 22.6 Å². The Labute approximate surface area is 141 Å². The number of fused-ring (bicyclic) bond motifs is 1. The Morgan fingerprint density at radius 1 is 1.08 bits per heavy atom. The third-order valence-electron chi connectivity index (χ3n) is 3.57. The molecule has 0 atom stereocenters. The highest BCUT2D eigenvalue weighted by atomic mass is 19.1. The van der Waals surface area contributed by atoms with Gasteiger partial charge < -0.3 is 13.9 Å². The van der Waals surface area contributed by atoms with E-state index in [-0.39, 0.29) is 36.8 Å². The molecule has 7 nitrogen and oxygen atoms in total. The summed E-state index contributed by atoms with van der Waals surface area (Å²) in [5, 5.41) is 10.2. The van der Waals surface area contributed by atoms with Crippen molar-refractivity contribution in [1.29, 1.82) is 0 Å². The van der Waals surface area contributed by atoms with Crippen molar-refractivity contribution in [3.63, 3.8) is 0 Å². The van der Waals surface area contributed by atoms with Crippen molar-refractivity contribution in [2.24, 2.45) is 0 Å². The van der Waals surface area contributed by atoms with Gasteiger partial charge in [0, 0.05) is 5.56 Å². The van der Waals surface area contributed by atoms with Crippen molar-refractivity contribution in [1.82, 2.24) is 10.2 Å². The zero-order valence-electron chi connectivity index (χ0n) is 12.9. The lowest BCUT2D eigenvalue weighted by molar-refractivity contribution is -0.115. The molecule has 0 aliphatic carbocycles. The SMILES string of the molecule is O=C(Cc1ccc(F)cc1)Nc1nnc(-c2ccc3c(c2)OCO3)o1. The minimum atomic E-state index is -0.352. The van der Waals surface area contributed by atoms with Gasteiger partial charge in [0.25, 0.3) is 0 Å². The average molecular weight is 341 g/mol. The van der Waals surface area contributed by atoms with Crippen molar-refractivity contribution in [2.45, 2.75) is 6.42 Å². The number of halogens is 1. The van der Waals surface area contributed by atoms with Gasteiger partial charge in [-0.15, -0.1) is 5.10 Å². The van der Waals surface area contributed by atoms with Crippen LogP contribution in [0.2, 0.25) is 0 Å². The molecule has 1 aliphatic heterocycles. The molecule has 1 amide bonds. The maximum atomic E-state index is 12.9. The maximum Gasteiger partial charge on any atom is 0.322 e. The third-order valence-corrected chi connectivity index (χ3v) is 3.57. The second-order valence-corrected chi connectivity index (χ2v) is 5.33. The lowest BCUT2D eigenvalue weighted by Gasteiger charge is -2.01. The van der Waals surface area contributed by atoms with Crippen LogP contribution in [0.15, 0.2) is 46.9 Å². The Hall–Kier alpha value is -3.42. The van der Waals surface area contributed by atoms with Crippen molar-refractivity contribution < 1.29 is 23.1 Å². The summed E-state index contributed by atoms with van der Waals surface area (Å²) in [6.45, 7) is 0.174. The number of hydrogen-bond donors (Lipinski definition) is 1. The van der Waals surface area contributed by atoms with Gasteiger partial charge in [-0.3, -0.25) is 10.1 Å². The highest BCUT2D eigenvalue weighted by Gasteiger charge is 2.17. The largest absolute Gasteiger partial charge is 0.454 e. The Balaban J connectivity index is 1.44. The zero-order valence-corrected chi connectivity index (χ0v) is 12.9. The summed E-state index contributed by atoms with van der Waals surface area (Å²) in [5.41, 5.74) is 1.32. The van der Waals surface area contributed by atoms with E-state index >= 15 is 0 Å². The minimum absolute atomic E-state index is 0.0141. The fourth-order valence-electron chi connectivity index (χ4n) is 2.37. The first-order valence-corrected chi connectivity index (χ1v) is 7.45. The molecule has 8 heteroatoms. The van der Waals surface area contributed by atoms with Crippen LogP contribution in [-0.2, 0) is 11.2 Å². The molecule has 2 aromatic carbocycles. The van der Waals surface area contributed by atoms with Crippen LogP contribution in [0.25, 0.3) is 11.5 Å². The van der Waals surface area contributed by atoms with E-state index in [1.807, 2.05) is 0 Å². The fraction of sp³-hybridized carbons (Fsp3) is 0.118. The Morgan fingerprint density at radius 2 is 1.88 bits per heavy atom. The van der Waals surface area contributed by atoms with Crippen molar-refractivity contribution in [2.75, 3.05) is 12.1 Å². The Kier molecular flexibility index (Phi) is 3.77. The minimum Gasteiger partial charge on any atom is -0.454 e. The van der Waals surface area contributed by atoms with E-state index in [0.717, 1.165) is 0 Å². The van der Waals surface area contributed by atoms with Crippen molar-refractivity contribution >= 4 is 11.9 Å². The van der Waals surface area contributed by atoms with Gasteiger partial charge in [0.1, 0.15) is 5.82 Å². The monoisotopic (exact) mass is 341 g/mol. The zero-order chi connectivity index (χ0) is 17.2. The number of amides is 1. The summed E-state index contributed by atoms with van der Waals surface area (Å²) in [6.07, 6.45) is 0.0714. The quantitative estimate of drug-likeness (QED) is 0.785. The smallest absolute Gasteiger partial charge is 0.322 e. The standard InChI is InChI=1S/C17H12FN3O4/c18-12-4-1-10(2-5-12)7-15(22)19-17-21-20-16(25-17)11-3-6-13-14(8-11)24-9-23-13/h1-6,8H,7,9H2,(H,19,21,22). The number of carbonyl (C=O) groups is 1. The van der Waals surface area contributed by atoms with Gasteiger partial charge >= 0.3 is 6.01 Å². The molecule has 1 aliphatic rings. The van der Waals surface area contributed by atoms with Crippen molar-refractivity contribution in [3.8, 4) is 23.0 Å². The maximum absolute atomic E-state index is 12.9. The molecular weight excluding hydrogens is 329 g/mol. The number of rotatable bonds is 4. The van der Waals surface area contributed by atoms with Crippen LogP contribution >= 0.6 is 0 Å². The molecule has 3 aromatic rings. The number of carbonyl (C=O) groups excluding carboxylic acids is 1. The molecule has 1 aromatic heterocycles. The lowest BCUT2D eigenvalue weighted by Crippen LogP contribution is -2.14. The van der Waals surface area contributed by atoms with Crippen molar-refractivity contribution in [3.05, 3.63) is 53.8 Å². The normalized spacial score (nSPS) is 12.2. The molecule has 1 N–H and O–H groups in total. The molecule has 0 saturated heterocycles. The molecular formula is C17H12FN3O4. The highest BCUT2D eigenvalue weighted by Crippen LogP contribution is 2.35. The van der Waals surface area contributed by atoms with E-state index in [9.17, 15) is 9.18 Å². The molecule has 2 heterocycles. The third kappa shape index (κ3) is 3.27. The molecule has 0 radical (unpaired) electrons. The van der Waals surface area contributed by atoms with Crippen LogP contribution in [-0.4, -0.2) is 22.9 Å². The highest BCUT2D eigenvalue weighted by molar-refractivity contribution is 5.90. The van der Waals surface area contributed by atoms with Gasteiger partial charge in [-0.2, -0.15) is 0 Å². The van der Waals surface area contributed by atoms with Gasteiger partial charge in [-0.1, -0.05) is 17.2 Å². The van der Waals surface area contributed by atoms with Gasteiger partial charge in [0.05, 0.1) is 6.42 Å². The van der Waals surface area contributed by atoms with Gasteiger partial charge in [0.2, 0.25) is 18.6 Å². The van der Waals surface area contributed by atoms with Gasteiger partial charge in [-0.05, 0) is 35.9 Å². The molecule has 4 rings (SSSR count). The first-order chi connectivity index (χ1) is 12.2. The molecule has 0 saturated carbocycles. The average Bonchev–Trinajstić information content (AvgIpc) is 3.25. The molecule has 126 valence electrons. The fourth-order valence-corrected chi connectivity index (χ4v) is 2.37. The lowest BCUT2D eigenvalue weighted by atomic mass is 10.1. The number of hydrogen-bond acceptors (Lipinski definition) is 6. The van der Waals surface area contributed by atoms with E-state index in [1.165, 1.54) is 12.1 Å². The van der Waals surface area contributed by atoms with Crippen LogP contribution in [0, 0.1) is 5.82 Å². The Morgan fingerprint density at radius 3 is 2.72 bits per heavy atom. The topological polar surface area (TPSA) is 86.5 Å². The van der Waals surface area contributed by atoms with Gasteiger partial charge in [-0.25, -0.2) is 4.39 Å². The summed E-state index contributed by atoms with van der Waals surface area (Å²) < 4.78 is 28.9. The van der Waals surface area contributed by atoms with Crippen LogP contribution in [0.4, 0.5) is 10.4 Å². The molecule has 0 spiro atoms. The predicted octanol–water partition coefficient (Wildman–Crippen LogP) is 2.79. The van der Waals surface area contributed by atoms with Gasteiger partial charge in [0.15, 0.2) is 11.5 Å². The number of aromatic nitrogens is 2. The number of anilines is 1. The van der Waals surface area contributed by atoms with E-state index in [4.69, 9.17) is 13.9 Å². The molecule has 0 unspecified atom stereocenters. The number of nitrogens with zero attached hydrogens (tertiary/aromatic N) is 2. The molecule has 0 bridgehead atoms. The Bertz CT molecular complexity index is 924. The number of benzene rings is 2. The first kappa shape index (κ1) is 15.1. The summed E-state index contributed by atoms with van der Waals surface area (Å²) in [6, 6.07) is 10.9. The number of ether oxygens (including phenoxy) is 2. The second-order valence-electron chi connectivity index (χ2n) is 5.33. The first-order valence-electron chi connectivity index (χ1n) is 7.45. The van der Waals surface area contributed by atoms with Crippen LogP contribution in [0.5, 0.6) is 11.5 Å². The van der Waals surface area contributed by atoms with Crippen LogP contribution in [0.1, 0.15) is 5.56 Å². The molecule has 0 fully saturated rings. The predicted molar refractivity (Wildman–Crippen MR) is 84.6 cm³/mol. The van der Waals surface area contributed by atoms with E-state index in [1.54, 1.807) is 30.3 Å². The van der Waals surface area contributed by atoms with Crippen LogP contribution < -0.4 is 14.8 Å². The summed E-state index contributed by atoms with van der Waals surface area (Å²) in [4.78, 5) is 12.0. The summed E-state index contributed by atoms with van der Waals surface area (Å²) in [5.74, 6) is 0.797. The molecule has 25 heavy (non-hydrogen) atoms. The van der Waals surface area contributed by atoms with E-state index in [2.05, 4.69) is 15.5 Å². The second kappa shape index (κ2) is 6.23.